The third kappa shape index (κ3) is 7.16. The summed E-state index contributed by atoms with van der Waals surface area (Å²) in [5.74, 6) is 0. The van der Waals surface area contributed by atoms with E-state index in [2.05, 4.69) is 44.6 Å². The molecule has 1 rings (SSSR count). The predicted molar refractivity (Wildman–Crippen MR) is 77.7 cm³/mol. The first-order valence-corrected chi connectivity index (χ1v) is 7.50. The number of nitrogens with zero attached hydrogens (tertiary/aromatic N) is 1. The summed E-state index contributed by atoms with van der Waals surface area (Å²) in [5.41, 5.74) is 0. The second-order valence-corrected chi connectivity index (χ2v) is 5.98. The second-order valence-electron chi connectivity index (χ2n) is 4.07. The summed E-state index contributed by atoms with van der Waals surface area (Å²) in [6, 6.07) is 2.19. The Morgan fingerprint density at radius 2 is 2.29 bits per heavy atom. The second kappa shape index (κ2) is 9.05. The van der Waals surface area contributed by atoms with Crippen LogP contribution < -0.4 is 5.32 Å². The fraction of sp³-hybridized carbons (Fsp3) is 0.667. The van der Waals surface area contributed by atoms with E-state index in [-0.39, 0.29) is 0 Å². The molecule has 98 valence electrons. The molecule has 0 fully saturated rings. The standard InChI is InChI=1S/C12H21BrN2OS/c1-15(6-3-4-14-5-7-16-2)9-12-8-11(13)10-17-12/h8,10,14H,3-7,9H2,1-2H3. The fourth-order valence-electron chi connectivity index (χ4n) is 1.56. The van der Waals surface area contributed by atoms with E-state index in [0.717, 1.165) is 32.8 Å². The van der Waals surface area contributed by atoms with E-state index in [4.69, 9.17) is 4.74 Å². The highest BCUT2D eigenvalue weighted by molar-refractivity contribution is 9.10. The number of ether oxygens (including phenoxy) is 1. The Kier molecular flexibility index (Phi) is 8.05. The third-order valence-corrected chi connectivity index (χ3v) is 4.11. The highest BCUT2D eigenvalue weighted by atomic mass is 79.9. The van der Waals surface area contributed by atoms with Crippen molar-refractivity contribution in [2.75, 3.05) is 40.4 Å². The van der Waals surface area contributed by atoms with Gasteiger partial charge in [0.25, 0.3) is 0 Å². The van der Waals surface area contributed by atoms with Crippen molar-refractivity contribution in [2.24, 2.45) is 0 Å². The number of halogens is 1. The molecular weight excluding hydrogens is 300 g/mol. The normalized spacial score (nSPS) is 11.3. The van der Waals surface area contributed by atoms with E-state index in [1.165, 1.54) is 15.8 Å². The molecule has 1 aromatic heterocycles. The zero-order chi connectivity index (χ0) is 12.5. The molecule has 0 amide bonds. The van der Waals surface area contributed by atoms with Crippen LogP contribution in [-0.2, 0) is 11.3 Å². The highest BCUT2D eigenvalue weighted by Gasteiger charge is 2.02. The average Bonchev–Trinajstić information content (AvgIpc) is 2.69. The largest absolute Gasteiger partial charge is 0.383 e. The SMILES string of the molecule is COCCNCCCN(C)Cc1cc(Br)cs1. The average molecular weight is 321 g/mol. The summed E-state index contributed by atoms with van der Waals surface area (Å²) in [6.45, 7) is 4.95. The highest BCUT2D eigenvalue weighted by Crippen LogP contribution is 2.20. The van der Waals surface area contributed by atoms with E-state index in [0.29, 0.717) is 0 Å². The summed E-state index contributed by atoms with van der Waals surface area (Å²) in [6.07, 6.45) is 1.17. The van der Waals surface area contributed by atoms with Gasteiger partial charge in [-0.3, -0.25) is 0 Å². The first-order chi connectivity index (χ1) is 8.22. The molecule has 1 aromatic rings. The number of hydrogen-bond acceptors (Lipinski definition) is 4. The van der Waals surface area contributed by atoms with E-state index >= 15 is 0 Å². The zero-order valence-electron chi connectivity index (χ0n) is 10.5. The van der Waals surface area contributed by atoms with Crippen molar-refractivity contribution < 1.29 is 4.74 Å². The predicted octanol–water partition coefficient (Wildman–Crippen LogP) is 2.57. The van der Waals surface area contributed by atoms with Crippen LogP contribution in [-0.4, -0.2) is 45.3 Å². The van der Waals surface area contributed by atoms with Gasteiger partial charge in [0.15, 0.2) is 0 Å². The number of thiophene rings is 1. The molecule has 0 unspecified atom stereocenters. The van der Waals surface area contributed by atoms with Crippen molar-refractivity contribution >= 4 is 27.3 Å². The van der Waals surface area contributed by atoms with Crippen LogP contribution in [0.15, 0.2) is 15.9 Å². The molecule has 5 heteroatoms. The van der Waals surface area contributed by atoms with Crippen LogP contribution in [0.1, 0.15) is 11.3 Å². The lowest BCUT2D eigenvalue weighted by atomic mass is 10.3. The maximum absolute atomic E-state index is 4.97. The Morgan fingerprint density at radius 1 is 1.47 bits per heavy atom. The van der Waals surface area contributed by atoms with Crippen LogP contribution in [0.25, 0.3) is 0 Å². The summed E-state index contributed by atoms with van der Waals surface area (Å²) in [5, 5.41) is 5.49. The number of methoxy groups -OCH3 is 1. The summed E-state index contributed by atoms with van der Waals surface area (Å²) in [4.78, 5) is 3.77. The number of rotatable bonds is 9. The van der Waals surface area contributed by atoms with Crippen molar-refractivity contribution in [1.82, 2.24) is 10.2 Å². The summed E-state index contributed by atoms with van der Waals surface area (Å²) >= 11 is 5.29. The van der Waals surface area contributed by atoms with E-state index in [1.54, 1.807) is 7.11 Å². The molecule has 17 heavy (non-hydrogen) atoms. The first-order valence-electron chi connectivity index (χ1n) is 5.83. The first kappa shape index (κ1) is 15.1. The van der Waals surface area contributed by atoms with E-state index < -0.39 is 0 Å². The van der Waals surface area contributed by atoms with E-state index in [1.807, 2.05) is 11.3 Å². The monoisotopic (exact) mass is 320 g/mol. The van der Waals surface area contributed by atoms with Crippen molar-refractivity contribution in [1.29, 1.82) is 0 Å². The van der Waals surface area contributed by atoms with Gasteiger partial charge in [0, 0.05) is 34.9 Å². The molecule has 0 bridgehead atoms. The molecule has 0 aliphatic carbocycles. The smallest absolute Gasteiger partial charge is 0.0587 e. The van der Waals surface area contributed by atoms with Gasteiger partial charge in [0.05, 0.1) is 6.61 Å². The summed E-state index contributed by atoms with van der Waals surface area (Å²) in [7, 11) is 3.90. The van der Waals surface area contributed by atoms with Gasteiger partial charge in [-0.1, -0.05) is 0 Å². The molecular formula is C12H21BrN2OS. The number of hydrogen-bond donors (Lipinski definition) is 1. The topological polar surface area (TPSA) is 24.5 Å². The Hall–Kier alpha value is 0.0600. The van der Waals surface area contributed by atoms with Gasteiger partial charge in [0.2, 0.25) is 0 Å². The molecule has 1 N–H and O–H groups in total. The quantitative estimate of drug-likeness (QED) is 0.708. The van der Waals surface area contributed by atoms with Gasteiger partial charge in [-0.2, -0.15) is 0 Å². The van der Waals surface area contributed by atoms with Crippen molar-refractivity contribution in [3.8, 4) is 0 Å². The molecule has 0 saturated carbocycles. The molecule has 0 aliphatic rings. The maximum atomic E-state index is 4.97. The molecule has 0 spiro atoms. The fourth-order valence-corrected chi connectivity index (χ4v) is 3.09. The van der Waals surface area contributed by atoms with Crippen LogP contribution >= 0.6 is 27.3 Å². The molecule has 0 saturated heterocycles. The van der Waals surface area contributed by atoms with Crippen LogP contribution in [0.3, 0.4) is 0 Å². The molecule has 0 aliphatic heterocycles. The van der Waals surface area contributed by atoms with Gasteiger partial charge < -0.3 is 15.0 Å². The van der Waals surface area contributed by atoms with Crippen molar-refractivity contribution in [2.45, 2.75) is 13.0 Å². The Labute approximate surface area is 116 Å². The minimum absolute atomic E-state index is 0.791. The van der Waals surface area contributed by atoms with Crippen LogP contribution in [0.2, 0.25) is 0 Å². The lowest BCUT2D eigenvalue weighted by molar-refractivity contribution is 0.199. The Bertz CT molecular complexity index is 306. The lowest BCUT2D eigenvalue weighted by Crippen LogP contribution is -2.25. The van der Waals surface area contributed by atoms with Crippen LogP contribution in [0.4, 0.5) is 0 Å². The molecule has 0 atom stereocenters. The Balaban J connectivity index is 2.03. The summed E-state index contributed by atoms with van der Waals surface area (Å²) < 4.78 is 6.16. The third-order valence-electron chi connectivity index (χ3n) is 2.42. The van der Waals surface area contributed by atoms with Gasteiger partial charge in [0.1, 0.15) is 0 Å². The van der Waals surface area contributed by atoms with Crippen molar-refractivity contribution in [3.05, 3.63) is 20.8 Å². The van der Waals surface area contributed by atoms with Gasteiger partial charge in [-0.05, 0) is 48.6 Å². The molecule has 3 nitrogen and oxygen atoms in total. The van der Waals surface area contributed by atoms with Gasteiger partial charge >= 0.3 is 0 Å². The number of nitrogens with one attached hydrogen (secondary N) is 1. The van der Waals surface area contributed by atoms with Crippen LogP contribution in [0.5, 0.6) is 0 Å². The maximum Gasteiger partial charge on any atom is 0.0587 e. The molecule has 0 aromatic carbocycles. The Morgan fingerprint density at radius 3 is 2.94 bits per heavy atom. The minimum Gasteiger partial charge on any atom is -0.383 e. The van der Waals surface area contributed by atoms with Crippen molar-refractivity contribution in [3.63, 3.8) is 0 Å². The molecule has 1 heterocycles. The minimum atomic E-state index is 0.791. The van der Waals surface area contributed by atoms with E-state index in [9.17, 15) is 0 Å². The van der Waals surface area contributed by atoms with Gasteiger partial charge in [-0.15, -0.1) is 11.3 Å². The molecule has 0 radical (unpaired) electrons. The van der Waals surface area contributed by atoms with Crippen LogP contribution in [0, 0.1) is 0 Å². The van der Waals surface area contributed by atoms with Gasteiger partial charge in [-0.25, -0.2) is 0 Å². The zero-order valence-corrected chi connectivity index (χ0v) is 12.9. The lowest BCUT2D eigenvalue weighted by Gasteiger charge is -2.15.